The fourth-order valence-corrected chi connectivity index (χ4v) is 3.76. The Balaban J connectivity index is 1.84. The quantitative estimate of drug-likeness (QED) is 0.340. The van der Waals surface area contributed by atoms with Crippen LogP contribution in [0.4, 0.5) is 0 Å². The summed E-state index contributed by atoms with van der Waals surface area (Å²) in [5, 5.41) is 8.89. The number of benzene rings is 1. The van der Waals surface area contributed by atoms with Gasteiger partial charge in [0.1, 0.15) is 13.2 Å². The average Bonchev–Trinajstić information content (AvgIpc) is 3.48. The van der Waals surface area contributed by atoms with Crippen LogP contribution in [0.3, 0.4) is 0 Å². The molecule has 2 aromatic heterocycles. The van der Waals surface area contributed by atoms with Gasteiger partial charge in [-0.1, -0.05) is 37.3 Å². The molecule has 1 aromatic carbocycles. The third kappa shape index (κ3) is 7.46. The molecule has 0 aliphatic carbocycles. The lowest BCUT2D eigenvalue weighted by molar-refractivity contribution is 0.0769. The van der Waals surface area contributed by atoms with E-state index in [-0.39, 0.29) is 0 Å². The number of rotatable bonds is 14. The Labute approximate surface area is 203 Å². The van der Waals surface area contributed by atoms with Gasteiger partial charge in [0.2, 0.25) is 0 Å². The lowest BCUT2D eigenvalue weighted by Crippen LogP contribution is -2.19. The highest BCUT2D eigenvalue weighted by atomic mass is 16.7. The summed E-state index contributed by atoms with van der Waals surface area (Å²) in [6, 6.07) is 10.4. The van der Waals surface area contributed by atoms with Crippen molar-refractivity contribution in [1.82, 2.24) is 29.7 Å². The van der Waals surface area contributed by atoms with Gasteiger partial charge in [0.05, 0.1) is 24.8 Å². The summed E-state index contributed by atoms with van der Waals surface area (Å²) in [7, 11) is 8.25. The van der Waals surface area contributed by atoms with Crippen LogP contribution in [0.5, 0.6) is 0 Å². The van der Waals surface area contributed by atoms with Crippen LogP contribution >= 0.6 is 0 Å². The largest absolute Gasteiger partial charge is 0.397 e. The number of hydrogen-bond donors (Lipinski definition) is 0. The smallest absolute Gasteiger partial charge is 0.118 e. The highest BCUT2D eigenvalue weighted by Gasteiger charge is 2.16. The molecule has 34 heavy (non-hydrogen) atoms. The van der Waals surface area contributed by atoms with Gasteiger partial charge in [-0.05, 0) is 64.2 Å². The molecule has 8 heteroatoms. The molecule has 0 saturated carbocycles. The number of allylic oxidation sites excluding steroid dienone is 1. The van der Waals surface area contributed by atoms with Crippen molar-refractivity contribution in [2.24, 2.45) is 0 Å². The van der Waals surface area contributed by atoms with Gasteiger partial charge in [0, 0.05) is 24.2 Å². The summed E-state index contributed by atoms with van der Waals surface area (Å²) < 4.78 is 0. The first kappa shape index (κ1) is 25.5. The van der Waals surface area contributed by atoms with Crippen LogP contribution < -0.4 is 9.68 Å². The molecule has 0 aliphatic rings. The lowest BCUT2D eigenvalue weighted by atomic mass is 9.91. The lowest BCUT2D eigenvalue weighted by Gasteiger charge is -2.13. The minimum Gasteiger partial charge on any atom is -0.397 e. The summed E-state index contributed by atoms with van der Waals surface area (Å²) in [5.41, 5.74) is 5.48. The topological polar surface area (TPSA) is 60.6 Å². The fourth-order valence-electron chi connectivity index (χ4n) is 3.76. The Kier molecular flexibility index (Phi) is 9.73. The van der Waals surface area contributed by atoms with Crippen LogP contribution in [0.2, 0.25) is 0 Å². The van der Waals surface area contributed by atoms with Crippen LogP contribution in [0.25, 0.3) is 11.1 Å². The van der Waals surface area contributed by atoms with Crippen LogP contribution in [-0.4, -0.2) is 84.2 Å². The van der Waals surface area contributed by atoms with Crippen LogP contribution in [0, 0.1) is 0 Å². The second-order valence-electron chi connectivity index (χ2n) is 8.82. The first-order chi connectivity index (χ1) is 16.5. The molecular formula is C26H38N6O2. The zero-order valence-corrected chi connectivity index (χ0v) is 21.1. The van der Waals surface area contributed by atoms with Gasteiger partial charge in [-0.15, -0.1) is 19.9 Å². The third-order valence-electron chi connectivity index (χ3n) is 5.42. The van der Waals surface area contributed by atoms with E-state index in [1.165, 1.54) is 5.57 Å². The maximum absolute atomic E-state index is 5.83. The highest BCUT2D eigenvalue weighted by molar-refractivity contribution is 5.98. The van der Waals surface area contributed by atoms with E-state index < -0.39 is 0 Å². The van der Waals surface area contributed by atoms with Gasteiger partial charge < -0.3 is 19.5 Å². The number of nitrogens with zero attached hydrogens (tertiary/aromatic N) is 6. The normalized spacial score (nSPS) is 12.3. The predicted octanol–water partition coefficient (Wildman–Crippen LogP) is 3.21. The van der Waals surface area contributed by atoms with Crippen molar-refractivity contribution in [3.63, 3.8) is 0 Å². The Morgan fingerprint density at radius 3 is 1.82 bits per heavy atom. The van der Waals surface area contributed by atoms with Gasteiger partial charge in [-0.3, -0.25) is 0 Å². The monoisotopic (exact) mass is 466 g/mol. The van der Waals surface area contributed by atoms with Gasteiger partial charge in [0.15, 0.2) is 0 Å². The minimum atomic E-state index is 0.613. The van der Waals surface area contributed by atoms with E-state index in [2.05, 4.69) is 79.4 Å². The van der Waals surface area contributed by atoms with Crippen molar-refractivity contribution in [1.29, 1.82) is 0 Å². The maximum Gasteiger partial charge on any atom is 0.118 e. The van der Waals surface area contributed by atoms with E-state index >= 15 is 0 Å². The molecule has 3 aromatic rings. The van der Waals surface area contributed by atoms with Gasteiger partial charge in [0.25, 0.3) is 0 Å². The third-order valence-corrected chi connectivity index (χ3v) is 5.42. The summed E-state index contributed by atoms with van der Waals surface area (Å²) in [6.45, 7) is 5.35. The second-order valence-corrected chi connectivity index (χ2v) is 8.82. The molecule has 0 fully saturated rings. The molecule has 2 heterocycles. The van der Waals surface area contributed by atoms with Crippen molar-refractivity contribution in [3.05, 3.63) is 71.8 Å². The van der Waals surface area contributed by atoms with Gasteiger partial charge >= 0.3 is 0 Å². The number of hydrogen-bond acceptors (Lipinski definition) is 6. The standard InChI is InChI=1S/C26H38N6O2/c1-6-25(23-18-27-31(20-23)33-16-10-14-29(2)3)26(22-12-8-7-9-13-22)24-19-28-32(21-24)34-17-11-15-30(4)5/h7-9,12-13,18-21H,6,10-11,14-17H2,1-5H3. The first-order valence-electron chi connectivity index (χ1n) is 11.9. The molecule has 0 bridgehead atoms. The van der Waals surface area contributed by atoms with Gasteiger partial charge in [-0.25, -0.2) is 0 Å². The molecule has 0 spiro atoms. The highest BCUT2D eigenvalue weighted by Crippen LogP contribution is 2.33. The Morgan fingerprint density at radius 1 is 0.765 bits per heavy atom. The second kappa shape index (κ2) is 13.0. The molecule has 0 aliphatic heterocycles. The Bertz CT molecular complexity index is 1020. The molecule has 184 valence electrons. The minimum absolute atomic E-state index is 0.613. The van der Waals surface area contributed by atoms with Crippen molar-refractivity contribution in [2.45, 2.75) is 26.2 Å². The molecule has 8 nitrogen and oxygen atoms in total. The Hall–Kier alpha value is -3.10. The average molecular weight is 467 g/mol. The zero-order chi connectivity index (χ0) is 24.3. The fraction of sp³-hybridized carbons (Fsp3) is 0.462. The molecule has 3 rings (SSSR count). The maximum atomic E-state index is 5.83. The van der Waals surface area contributed by atoms with Crippen molar-refractivity contribution in [3.8, 4) is 0 Å². The summed E-state index contributed by atoms with van der Waals surface area (Å²) >= 11 is 0. The Morgan fingerprint density at radius 2 is 1.29 bits per heavy atom. The zero-order valence-electron chi connectivity index (χ0n) is 21.1. The SMILES string of the molecule is CCC(=C(c1ccccc1)c1cnn(OCCCN(C)C)c1)c1cnn(OCCCN(C)C)c1. The van der Waals surface area contributed by atoms with Crippen LogP contribution in [-0.2, 0) is 0 Å². The summed E-state index contributed by atoms with van der Waals surface area (Å²) in [6.07, 6.45) is 10.4. The van der Waals surface area contributed by atoms with Crippen molar-refractivity contribution in [2.75, 3.05) is 54.5 Å². The number of aromatic nitrogens is 4. The van der Waals surface area contributed by atoms with Gasteiger partial charge in [-0.2, -0.15) is 0 Å². The molecule has 0 N–H and O–H groups in total. The van der Waals surface area contributed by atoms with E-state index in [1.54, 1.807) is 9.69 Å². The molecular weight excluding hydrogens is 428 g/mol. The van der Waals surface area contributed by atoms with Crippen LogP contribution in [0.1, 0.15) is 42.9 Å². The van der Waals surface area contributed by atoms with E-state index in [0.29, 0.717) is 13.2 Å². The molecule has 0 atom stereocenters. The molecule has 0 unspecified atom stereocenters. The van der Waals surface area contributed by atoms with E-state index in [9.17, 15) is 0 Å². The van der Waals surface area contributed by atoms with E-state index in [1.807, 2.05) is 30.9 Å². The molecule has 0 amide bonds. The molecule has 0 radical (unpaired) electrons. The summed E-state index contributed by atoms with van der Waals surface area (Å²) in [4.78, 5) is 19.1. The predicted molar refractivity (Wildman–Crippen MR) is 136 cm³/mol. The van der Waals surface area contributed by atoms with Crippen LogP contribution in [0.15, 0.2) is 55.1 Å². The van der Waals surface area contributed by atoms with Crippen molar-refractivity contribution < 1.29 is 9.68 Å². The first-order valence-corrected chi connectivity index (χ1v) is 11.9. The van der Waals surface area contributed by atoms with E-state index in [4.69, 9.17) is 9.68 Å². The van der Waals surface area contributed by atoms with Crippen molar-refractivity contribution >= 4 is 11.1 Å². The van der Waals surface area contributed by atoms with E-state index in [0.717, 1.165) is 54.6 Å². The molecule has 0 saturated heterocycles. The summed E-state index contributed by atoms with van der Waals surface area (Å²) in [5.74, 6) is 0.